The van der Waals surface area contributed by atoms with E-state index in [2.05, 4.69) is 0 Å². The van der Waals surface area contributed by atoms with Crippen LogP contribution in [0.2, 0.25) is 0 Å². The highest BCUT2D eigenvalue weighted by Gasteiger charge is 2.54. The minimum absolute atomic E-state index is 0.470. The highest BCUT2D eigenvalue weighted by molar-refractivity contribution is 4.90. The van der Waals surface area contributed by atoms with E-state index in [1.165, 1.54) is 55.4 Å². The second-order valence-corrected chi connectivity index (χ2v) is 6.82. The topological polar surface area (TPSA) is 105 Å². The largest absolute Gasteiger partial charge is 0.264 e. The molecule has 0 rings (SSSR count). The van der Waals surface area contributed by atoms with Gasteiger partial charge in [-0.2, -0.15) is 0 Å². The quantitative estimate of drug-likeness (QED) is 0.405. The summed E-state index contributed by atoms with van der Waals surface area (Å²) in [7, 11) is 0. The summed E-state index contributed by atoms with van der Waals surface area (Å²) in [4.78, 5) is 31.6. The van der Waals surface area contributed by atoms with Gasteiger partial charge in [-0.15, -0.1) is 0 Å². The molecular formula is C12H24N2O6. The molecule has 0 aromatic carbocycles. The van der Waals surface area contributed by atoms with E-state index in [9.17, 15) is 20.2 Å². The lowest BCUT2D eigenvalue weighted by molar-refractivity contribution is -0.626. The lowest BCUT2D eigenvalue weighted by Gasteiger charge is -2.38. The van der Waals surface area contributed by atoms with Gasteiger partial charge in [-0.05, 0) is 27.7 Å². The zero-order chi connectivity index (χ0) is 16.6. The summed E-state index contributed by atoms with van der Waals surface area (Å²) in [6, 6.07) is 0. The summed E-state index contributed by atoms with van der Waals surface area (Å²) in [5, 5.41) is 22.1. The first-order valence-electron chi connectivity index (χ1n) is 6.25. The molecule has 0 N–H and O–H groups in total. The van der Waals surface area contributed by atoms with Crippen LogP contribution in [0, 0.1) is 20.2 Å². The van der Waals surface area contributed by atoms with E-state index in [1.54, 1.807) is 0 Å². The molecule has 0 bridgehead atoms. The Kier molecular flexibility index (Phi) is 4.91. The van der Waals surface area contributed by atoms with Gasteiger partial charge in [-0.3, -0.25) is 20.2 Å². The normalized spacial score (nSPS) is 14.2. The van der Waals surface area contributed by atoms with Crippen molar-refractivity contribution in [2.45, 2.75) is 77.7 Å². The highest BCUT2D eigenvalue weighted by Crippen LogP contribution is 2.34. The maximum absolute atomic E-state index is 11.1. The molecule has 20 heavy (non-hydrogen) atoms. The maximum atomic E-state index is 11.1. The molecule has 0 aliphatic heterocycles. The minimum Gasteiger partial charge on any atom is -0.264 e. The Morgan fingerprint density at radius 2 is 0.850 bits per heavy atom. The van der Waals surface area contributed by atoms with Crippen molar-refractivity contribution in [1.82, 2.24) is 0 Å². The van der Waals surface area contributed by atoms with Crippen molar-refractivity contribution < 1.29 is 19.6 Å². The predicted molar refractivity (Wildman–Crippen MR) is 72.5 cm³/mol. The smallest absolute Gasteiger partial charge is 0.247 e. The van der Waals surface area contributed by atoms with Crippen LogP contribution in [0.5, 0.6) is 0 Å². The van der Waals surface area contributed by atoms with Crippen molar-refractivity contribution in [3.05, 3.63) is 20.2 Å². The number of hydrogen-bond acceptors (Lipinski definition) is 6. The molecule has 0 aromatic heterocycles. The summed E-state index contributed by atoms with van der Waals surface area (Å²) in [6.07, 6.45) is 0. The molecule has 0 saturated carbocycles. The van der Waals surface area contributed by atoms with Crippen LogP contribution in [0.15, 0.2) is 0 Å². The fourth-order valence-electron chi connectivity index (χ4n) is 0.852. The van der Waals surface area contributed by atoms with Gasteiger partial charge in [0.1, 0.15) is 0 Å². The van der Waals surface area contributed by atoms with Crippen molar-refractivity contribution in [2.75, 3.05) is 0 Å². The first-order valence-corrected chi connectivity index (χ1v) is 6.25. The first-order chi connectivity index (χ1) is 8.59. The Morgan fingerprint density at radius 3 is 1.00 bits per heavy atom. The molecule has 0 fully saturated rings. The SMILES string of the molecule is CC(C)(OOC(C)(C)C(C)(C)[N+](=O)[O-])C(C)(C)[N+](=O)[O-]. The van der Waals surface area contributed by atoms with Gasteiger partial charge in [-0.25, -0.2) is 9.78 Å². The molecule has 0 aliphatic carbocycles. The van der Waals surface area contributed by atoms with E-state index in [1.807, 2.05) is 0 Å². The zero-order valence-corrected chi connectivity index (χ0v) is 13.3. The third kappa shape index (κ3) is 3.24. The monoisotopic (exact) mass is 292 g/mol. The lowest BCUT2D eigenvalue weighted by Crippen LogP contribution is -2.57. The van der Waals surface area contributed by atoms with Gasteiger partial charge in [-0.1, -0.05) is 0 Å². The third-order valence-electron chi connectivity index (χ3n) is 4.32. The Labute approximate surface area is 118 Å². The van der Waals surface area contributed by atoms with E-state index >= 15 is 0 Å². The minimum atomic E-state index is -1.41. The summed E-state index contributed by atoms with van der Waals surface area (Å²) in [5.41, 5.74) is -5.36. The molecule has 8 heteroatoms. The zero-order valence-electron chi connectivity index (χ0n) is 13.3. The molecular weight excluding hydrogens is 268 g/mol. The van der Waals surface area contributed by atoms with Gasteiger partial charge >= 0.3 is 0 Å². The van der Waals surface area contributed by atoms with Crippen LogP contribution in [-0.4, -0.2) is 32.1 Å². The molecule has 0 unspecified atom stereocenters. The van der Waals surface area contributed by atoms with Crippen molar-refractivity contribution in [3.63, 3.8) is 0 Å². The molecule has 118 valence electrons. The standard InChI is InChI=1S/C12H24N2O6/c1-9(2,13(15)16)11(5,6)19-20-12(7,8)10(3,4)14(17)18/h1-8H3. The van der Waals surface area contributed by atoms with Gasteiger partial charge in [0.05, 0.1) is 0 Å². The number of nitro groups is 2. The van der Waals surface area contributed by atoms with Gasteiger partial charge in [0.2, 0.25) is 11.1 Å². The molecule has 0 amide bonds. The fourth-order valence-corrected chi connectivity index (χ4v) is 0.852. The molecule has 0 aliphatic rings. The van der Waals surface area contributed by atoms with Crippen LogP contribution in [0.4, 0.5) is 0 Å². The predicted octanol–water partition coefficient (Wildman–Crippen LogP) is 2.60. The second-order valence-electron chi connectivity index (χ2n) is 6.82. The van der Waals surface area contributed by atoms with Crippen LogP contribution < -0.4 is 0 Å². The van der Waals surface area contributed by atoms with Crippen molar-refractivity contribution in [1.29, 1.82) is 0 Å². The average molecular weight is 292 g/mol. The Bertz CT molecular complexity index is 363. The van der Waals surface area contributed by atoms with Gasteiger partial charge in [0.15, 0.2) is 11.2 Å². The Hall–Kier alpha value is -1.28. The van der Waals surface area contributed by atoms with Crippen LogP contribution in [-0.2, 0) is 9.78 Å². The Morgan fingerprint density at radius 1 is 0.650 bits per heavy atom. The maximum Gasteiger partial charge on any atom is 0.247 e. The summed E-state index contributed by atoms with van der Waals surface area (Å²) >= 11 is 0. The number of rotatable bonds is 7. The van der Waals surface area contributed by atoms with Crippen LogP contribution >= 0.6 is 0 Å². The third-order valence-corrected chi connectivity index (χ3v) is 4.32. The molecule has 0 atom stereocenters. The lowest BCUT2D eigenvalue weighted by atomic mass is 9.86. The van der Waals surface area contributed by atoms with Gasteiger partial charge in [0.25, 0.3) is 0 Å². The van der Waals surface area contributed by atoms with E-state index in [0.717, 1.165) is 0 Å². The average Bonchev–Trinajstić information content (AvgIpc) is 2.25. The van der Waals surface area contributed by atoms with Crippen molar-refractivity contribution in [2.24, 2.45) is 0 Å². The van der Waals surface area contributed by atoms with Crippen LogP contribution in [0.1, 0.15) is 55.4 Å². The van der Waals surface area contributed by atoms with E-state index in [-0.39, 0.29) is 0 Å². The summed E-state index contributed by atoms with van der Waals surface area (Å²) in [6.45, 7) is 11.6. The van der Waals surface area contributed by atoms with Crippen molar-refractivity contribution in [3.8, 4) is 0 Å². The van der Waals surface area contributed by atoms with Gasteiger partial charge < -0.3 is 0 Å². The first kappa shape index (κ1) is 18.7. The molecule has 0 aromatic rings. The van der Waals surface area contributed by atoms with E-state index in [4.69, 9.17) is 9.78 Å². The molecule has 0 radical (unpaired) electrons. The fraction of sp³-hybridized carbons (Fsp3) is 1.00. The summed E-state index contributed by atoms with van der Waals surface area (Å²) < 4.78 is 0. The second kappa shape index (κ2) is 5.25. The summed E-state index contributed by atoms with van der Waals surface area (Å²) in [5.74, 6) is 0. The van der Waals surface area contributed by atoms with E-state index in [0.29, 0.717) is 0 Å². The van der Waals surface area contributed by atoms with Crippen LogP contribution in [0.3, 0.4) is 0 Å². The van der Waals surface area contributed by atoms with E-state index < -0.39 is 32.1 Å². The molecule has 0 spiro atoms. The highest BCUT2D eigenvalue weighted by atomic mass is 17.2. The van der Waals surface area contributed by atoms with Crippen LogP contribution in [0.25, 0.3) is 0 Å². The molecule has 0 heterocycles. The molecule has 0 saturated heterocycles. The Balaban J connectivity index is 5.11. The van der Waals surface area contributed by atoms with Crippen molar-refractivity contribution >= 4 is 0 Å². The number of hydrogen-bond donors (Lipinski definition) is 0. The number of nitrogens with zero attached hydrogens (tertiary/aromatic N) is 2. The molecule has 8 nitrogen and oxygen atoms in total. The van der Waals surface area contributed by atoms with Gasteiger partial charge in [0, 0.05) is 37.5 Å².